The lowest BCUT2D eigenvalue weighted by molar-refractivity contribution is -0.153. The fourth-order valence-corrected chi connectivity index (χ4v) is 3.84. The summed E-state index contributed by atoms with van der Waals surface area (Å²) < 4.78 is 80.3. The van der Waals surface area contributed by atoms with Gasteiger partial charge in [-0.3, -0.25) is 4.79 Å². The molecule has 3 heterocycles. The van der Waals surface area contributed by atoms with E-state index in [1.807, 2.05) is 6.07 Å². The lowest BCUT2D eigenvalue weighted by atomic mass is 10.2. The number of alkyl halides is 3. The smallest absolute Gasteiger partial charge is 0.422 e. The molecule has 5 rings (SSSR count). The molecular weight excluding hydrogens is 525 g/mol. The molecule has 0 saturated carbocycles. The van der Waals surface area contributed by atoms with E-state index in [2.05, 4.69) is 10.2 Å². The Bertz CT molecular complexity index is 1670. The number of ether oxygens (including phenoxy) is 2. The zero-order valence-corrected chi connectivity index (χ0v) is 20.1. The van der Waals surface area contributed by atoms with Crippen molar-refractivity contribution in [2.45, 2.75) is 6.18 Å². The Hall–Kier alpha value is -4.94. The van der Waals surface area contributed by atoms with Crippen molar-refractivity contribution in [2.24, 2.45) is 0 Å². The Morgan fingerprint density at radius 1 is 0.897 bits per heavy atom. The first kappa shape index (κ1) is 25.7. The van der Waals surface area contributed by atoms with E-state index in [0.29, 0.717) is 11.4 Å². The van der Waals surface area contributed by atoms with Gasteiger partial charge in [0.25, 0.3) is 5.43 Å². The average Bonchev–Trinajstić information content (AvgIpc) is 3.54. The van der Waals surface area contributed by atoms with E-state index in [9.17, 15) is 26.7 Å². The van der Waals surface area contributed by atoms with Gasteiger partial charge in [0.05, 0.1) is 30.9 Å². The number of nitrogens with zero attached hydrogens (tertiary/aromatic N) is 5. The number of rotatable bonds is 7. The molecular formula is C26H18F5N5O3. The highest BCUT2D eigenvalue weighted by Gasteiger charge is 2.29. The maximum Gasteiger partial charge on any atom is 0.422 e. The molecule has 0 fully saturated rings. The number of para-hydroxylation sites is 1. The van der Waals surface area contributed by atoms with Gasteiger partial charge in [0.15, 0.2) is 29.7 Å². The van der Waals surface area contributed by atoms with E-state index < -0.39 is 29.8 Å². The molecule has 0 aliphatic heterocycles. The van der Waals surface area contributed by atoms with Gasteiger partial charge in [-0.1, -0.05) is 18.2 Å². The molecule has 200 valence electrons. The van der Waals surface area contributed by atoms with Crippen LogP contribution >= 0.6 is 0 Å². The van der Waals surface area contributed by atoms with Crippen molar-refractivity contribution < 1.29 is 31.4 Å². The van der Waals surface area contributed by atoms with E-state index in [0.717, 1.165) is 21.6 Å². The van der Waals surface area contributed by atoms with Crippen LogP contribution in [0.1, 0.15) is 0 Å². The minimum Gasteiger partial charge on any atom is -0.491 e. The van der Waals surface area contributed by atoms with Crippen LogP contribution in [0.3, 0.4) is 0 Å². The van der Waals surface area contributed by atoms with Crippen molar-refractivity contribution in [3.63, 3.8) is 0 Å². The summed E-state index contributed by atoms with van der Waals surface area (Å²) in [7, 11) is 1.26. The number of aromatic nitrogens is 5. The first-order chi connectivity index (χ1) is 18.6. The van der Waals surface area contributed by atoms with Crippen LogP contribution in [0.2, 0.25) is 0 Å². The van der Waals surface area contributed by atoms with Crippen LogP contribution in [0.15, 0.2) is 84.2 Å². The molecule has 3 aromatic heterocycles. The number of hydrogen-bond donors (Lipinski definition) is 0. The topological polar surface area (TPSA) is 76.1 Å². The van der Waals surface area contributed by atoms with Gasteiger partial charge in [-0.25, -0.2) is 18.1 Å². The van der Waals surface area contributed by atoms with E-state index >= 15 is 0 Å². The highest BCUT2D eigenvalue weighted by Crippen LogP contribution is 2.30. The van der Waals surface area contributed by atoms with Gasteiger partial charge in [0.2, 0.25) is 0 Å². The molecule has 0 spiro atoms. The number of hydrogen-bond acceptors (Lipinski definition) is 5. The van der Waals surface area contributed by atoms with Crippen molar-refractivity contribution in [3.05, 3.63) is 101 Å². The van der Waals surface area contributed by atoms with E-state index in [1.165, 1.54) is 42.4 Å². The first-order valence-electron chi connectivity index (χ1n) is 11.3. The predicted molar refractivity (Wildman–Crippen MR) is 130 cm³/mol. The second kappa shape index (κ2) is 10.1. The van der Waals surface area contributed by atoms with Gasteiger partial charge < -0.3 is 14.0 Å². The van der Waals surface area contributed by atoms with Crippen LogP contribution in [-0.2, 0) is 0 Å². The molecule has 8 nitrogen and oxygen atoms in total. The SMILES string of the molecule is COc1cn(-c2ccc(-n3cc(F)c(F)c3)cc2OCC(F)(F)F)nc(-c2ccnn2-c2ccccc2)c1=O. The van der Waals surface area contributed by atoms with Gasteiger partial charge in [-0.2, -0.15) is 23.4 Å². The summed E-state index contributed by atoms with van der Waals surface area (Å²) in [6.07, 6.45) is -0.349. The molecule has 2 aromatic carbocycles. The Balaban J connectivity index is 1.67. The highest BCUT2D eigenvalue weighted by atomic mass is 19.4. The summed E-state index contributed by atoms with van der Waals surface area (Å²) >= 11 is 0. The predicted octanol–water partition coefficient (Wildman–Crippen LogP) is 5.10. The van der Waals surface area contributed by atoms with Gasteiger partial charge in [0.1, 0.15) is 11.4 Å². The summed E-state index contributed by atoms with van der Waals surface area (Å²) in [6.45, 7) is -1.65. The summed E-state index contributed by atoms with van der Waals surface area (Å²) in [4.78, 5) is 13.2. The first-order valence-corrected chi connectivity index (χ1v) is 11.3. The van der Waals surface area contributed by atoms with Crippen LogP contribution < -0.4 is 14.9 Å². The summed E-state index contributed by atoms with van der Waals surface area (Å²) in [5, 5.41) is 8.64. The van der Waals surface area contributed by atoms with Crippen LogP contribution in [0.5, 0.6) is 11.5 Å². The second-order valence-electron chi connectivity index (χ2n) is 8.20. The third-order valence-electron chi connectivity index (χ3n) is 5.60. The maximum absolute atomic E-state index is 13.6. The largest absolute Gasteiger partial charge is 0.491 e. The maximum atomic E-state index is 13.6. The molecule has 0 unspecified atom stereocenters. The minimum atomic E-state index is -4.68. The molecule has 13 heteroatoms. The van der Waals surface area contributed by atoms with Crippen molar-refractivity contribution in [1.82, 2.24) is 24.1 Å². The fraction of sp³-hybridized carbons (Fsp3) is 0.115. The fourth-order valence-electron chi connectivity index (χ4n) is 3.84. The molecule has 0 saturated heterocycles. The lowest BCUT2D eigenvalue weighted by Gasteiger charge is -2.17. The average molecular weight is 543 g/mol. The van der Waals surface area contributed by atoms with Crippen molar-refractivity contribution >= 4 is 0 Å². The molecule has 5 aromatic rings. The quantitative estimate of drug-likeness (QED) is 0.267. The molecule has 0 amide bonds. The number of halogens is 5. The molecule has 39 heavy (non-hydrogen) atoms. The Morgan fingerprint density at radius 2 is 1.62 bits per heavy atom. The molecule has 0 aliphatic rings. The Morgan fingerprint density at radius 3 is 2.28 bits per heavy atom. The van der Waals surface area contributed by atoms with Gasteiger partial charge in [-0.05, 0) is 30.3 Å². The molecule has 0 atom stereocenters. The molecule has 0 bridgehead atoms. The van der Waals surface area contributed by atoms with Gasteiger partial charge in [0, 0.05) is 24.1 Å². The van der Waals surface area contributed by atoms with Crippen LogP contribution in [-0.4, -0.2) is 44.0 Å². The van der Waals surface area contributed by atoms with Crippen molar-refractivity contribution in [1.29, 1.82) is 0 Å². The molecule has 0 aliphatic carbocycles. The third-order valence-corrected chi connectivity index (χ3v) is 5.60. The summed E-state index contributed by atoms with van der Waals surface area (Å²) in [5.41, 5.74) is 0.370. The summed E-state index contributed by atoms with van der Waals surface area (Å²) in [6, 6.07) is 14.4. The second-order valence-corrected chi connectivity index (χ2v) is 8.20. The van der Waals surface area contributed by atoms with Gasteiger partial charge in [-0.15, -0.1) is 0 Å². The zero-order chi connectivity index (χ0) is 27.7. The molecule has 0 N–H and O–H groups in total. The monoisotopic (exact) mass is 543 g/mol. The molecule has 0 radical (unpaired) electrons. The van der Waals surface area contributed by atoms with Crippen LogP contribution in [0.4, 0.5) is 22.0 Å². The van der Waals surface area contributed by atoms with E-state index in [1.54, 1.807) is 30.3 Å². The van der Waals surface area contributed by atoms with Gasteiger partial charge >= 0.3 is 6.18 Å². The normalized spacial score (nSPS) is 11.5. The van der Waals surface area contributed by atoms with Crippen molar-refractivity contribution in [2.75, 3.05) is 13.7 Å². The van der Waals surface area contributed by atoms with E-state index in [4.69, 9.17) is 9.47 Å². The minimum absolute atomic E-state index is 0.00132. The van der Waals surface area contributed by atoms with E-state index in [-0.39, 0.29) is 28.6 Å². The Labute approximate surface area is 217 Å². The number of methoxy groups -OCH3 is 1. The highest BCUT2D eigenvalue weighted by molar-refractivity contribution is 5.60. The van der Waals surface area contributed by atoms with Crippen LogP contribution in [0, 0.1) is 11.6 Å². The third kappa shape index (κ3) is 5.23. The zero-order valence-electron chi connectivity index (χ0n) is 20.1. The standard InChI is InChI=1S/C26H18F5N5O3/c1-38-23-14-35(33-24(25(23)37)21-9-10-32-36(21)16-5-3-2-4-6-16)20-8-7-17(34-12-18(27)19(28)13-34)11-22(20)39-15-26(29,30)31/h2-14H,15H2,1H3. The summed E-state index contributed by atoms with van der Waals surface area (Å²) in [5.74, 6) is -2.74. The lowest BCUT2D eigenvalue weighted by Crippen LogP contribution is -2.21. The van der Waals surface area contributed by atoms with Crippen molar-refractivity contribution in [3.8, 4) is 39.9 Å². The number of benzene rings is 2. The van der Waals surface area contributed by atoms with Crippen LogP contribution in [0.25, 0.3) is 28.5 Å². The Kier molecular flexibility index (Phi) is 6.64.